The molecular weight excluding hydrogens is 295 g/mol. The number of allylic oxidation sites excluding steroid dienone is 1. The van der Waals surface area contributed by atoms with Gasteiger partial charge in [-0.25, -0.2) is 0 Å². The van der Waals surface area contributed by atoms with Crippen LogP contribution in [0.3, 0.4) is 0 Å². The lowest BCUT2D eigenvalue weighted by Gasteiger charge is -2.01. The molecular formula is C16H18Cl2O2. The predicted molar refractivity (Wildman–Crippen MR) is 82.7 cm³/mol. The van der Waals surface area contributed by atoms with Crippen LogP contribution in [-0.4, -0.2) is 12.6 Å². The first-order valence-corrected chi connectivity index (χ1v) is 7.43. The van der Waals surface area contributed by atoms with Crippen molar-refractivity contribution in [1.82, 2.24) is 0 Å². The first kappa shape index (κ1) is 15.4. The van der Waals surface area contributed by atoms with E-state index < -0.39 is 0 Å². The van der Waals surface area contributed by atoms with Gasteiger partial charge in [-0.2, -0.15) is 0 Å². The Kier molecular flexibility index (Phi) is 4.46. The molecule has 2 atom stereocenters. The zero-order chi connectivity index (χ0) is 14.9. The zero-order valence-electron chi connectivity index (χ0n) is 11.8. The second-order valence-electron chi connectivity index (χ2n) is 5.60. The van der Waals surface area contributed by atoms with Gasteiger partial charge in [-0.3, -0.25) is 4.79 Å². The van der Waals surface area contributed by atoms with Gasteiger partial charge in [0.1, 0.15) is 0 Å². The third kappa shape index (κ3) is 3.02. The maximum absolute atomic E-state index is 11.9. The van der Waals surface area contributed by atoms with E-state index in [4.69, 9.17) is 27.9 Å². The van der Waals surface area contributed by atoms with Crippen molar-refractivity contribution in [3.05, 3.63) is 40.9 Å². The fourth-order valence-corrected chi connectivity index (χ4v) is 2.92. The van der Waals surface area contributed by atoms with Gasteiger partial charge >= 0.3 is 5.97 Å². The average molecular weight is 313 g/mol. The van der Waals surface area contributed by atoms with E-state index in [2.05, 4.69) is 13.8 Å². The smallest absolute Gasteiger partial charge is 0.310 e. The average Bonchev–Trinajstić information content (AvgIpc) is 2.92. The van der Waals surface area contributed by atoms with Crippen LogP contribution in [0.25, 0.3) is 5.03 Å². The molecule has 0 unspecified atom stereocenters. The summed E-state index contributed by atoms with van der Waals surface area (Å²) >= 11 is 12.2. The Hall–Kier alpha value is -0.990. The molecule has 1 aliphatic rings. The van der Waals surface area contributed by atoms with Crippen molar-refractivity contribution in [3.8, 4) is 0 Å². The van der Waals surface area contributed by atoms with Crippen molar-refractivity contribution in [3.63, 3.8) is 0 Å². The number of hydrogen-bond donors (Lipinski definition) is 0. The lowest BCUT2D eigenvalue weighted by molar-refractivity contribution is -0.145. The Morgan fingerprint density at radius 2 is 1.95 bits per heavy atom. The summed E-state index contributed by atoms with van der Waals surface area (Å²) in [5.74, 6) is -0.132. The van der Waals surface area contributed by atoms with Crippen molar-refractivity contribution >= 4 is 34.2 Å². The van der Waals surface area contributed by atoms with Crippen LogP contribution in [0, 0.1) is 17.3 Å². The zero-order valence-corrected chi connectivity index (χ0v) is 13.3. The van der Waals surface area contributed by atoms with Gasteiger partial charge in [0.25, 0.3) is 0 Å². The number of rotatable bonds is 4. The molecule has 1 fully saturated rings. The summed E-state index contributed by atoms with van der Waals surface area (Å²) in [6, 6.07) is 7.34. The highest BCUT2D eigenvalue weighted by Crippen LogP contribution is 2.60. The highest BCUT2D eigenvalue weighted by Gasteiger charge is 2.61. The normalized spacial score (nSPS) is 24.4. The molecule has 0 amide bonds. The standard InChI is InChI=1S/C16H18Cl2O2/c1-4-20-15(19)14-12(16(14,2)3)9-13(18)10-5-7-11(17)8-6-10/h5-9,12,14H,4H2,1-3H3/b13-9-/t12-,14+/m0/s1. The molecule has 1 aromatic rings. The second-order valence-corrected chi connectivity index (χ2v) is 6.44. The van der Waals surface area contributed by atoms with Crippen molar-refractivity contribution in [2.24, 2.45) is 17.3 Å². The largest absolute Gasteiger partial charge is 0.466 e. The minimum atomic E-state index is -0.140. The minimum Gasteiger partial charge on any atom is -0.466 e. The molecule has 0 radical (unpaired) electrons. The van der Waals surface area contributed by atoms with Crippen LogP contribution in [0.1, 0.15) is 26.3 Å². The molecule has 0 aromatic heterocycles. The quantitative estimate of drug-likeness (QED) is 0.750. The molecule has 0 aliphatic heterocycles. The first-order valence-electron chi connectivity index (χ1n) is 6.67. The fourth-order valence-electron chi connectivity index (χ4n) is 2.53. The van der Waals surface area contributed by atoms with Gasteiger partial charge in [-0.1, -0.05) is 55.3 Å². The monoisotopic (exact) mass is 312 g/mol. The second kappa shape index (κ2) is 5.79. The fraction of sp³-hybridized carbons (Fsp3) is 0.438. The molecule has 0 N–H and O–H groups in total. The topological polar surface area (TPSA) is 26.3 Å². The first-order chi connectivity index (χ1) is 9.37. The van der Waals surface area contributed by atoms with E-state index in [0.29, 0.717) is 16.7 Å². The number of ether oxygens (including phenoxy) is 1. The summed E-state index contributed by atoms with van der Waals surface area (Å²) in [5, 5.41) is 1.32. The lowest BCUT2D eigenvalue weighted by Crippen LogP contribution is -2.10. The SMILES string of the molecule is CCOC(=O)[C@H]1[C@H](/C=C(\Cl)c2ccc(Cl)cc2)C1(C)C. The Bertz CT molecular complexity index is 532. The third-order valence-corrected chi connectivity index (χ3v) is 4.49. The van der Waals surface area contributed by atoms with E-state index in [9.17, 15) is 4.79 Å². The van der Waals surface area contributed by atoms with Gasteiger partial charge < -0.3 is 4.74 Å². The Balaban J connectivity index is 2.14. The van der Waals surface area contributed by atoms with E-state index in [1.807, 2.05) is 25.1 Å². The number of halogens is 2. The molecule has 2 rings (SSSR count). The molecule has 1 saturated carbocycles. The van der Waals surface area contributed by atoms with Crippen LogP contribution in [0.4, 0.5) is 0 Å². The molecule has 4 heteroatoms. The summed E-state index contributed by atoms with van der Waals surface area (Å²) in [6.45, 7) is 6.34. The molecule has 0 spiro atoms. The van der Waals surface area contributed by atoms with E-state index in [-0.39, 0.29) is 23.2 Å². The number of esters is 1. The summed E-state index contributed by atoms with van der Waals surface area (Å²) in [5.41, 5.74) is 0.806. The summed E-state index contributed by atoms with van der Waals surface area (Å²) in [6.07, 6.45) is 1.95. The molecule has 0 heterocycles. The van der Waals surface area contributed by atoms with Gasteiger partial charge in [-0.15, -0.1) is 0 Å². The van der Waals surface area contributed by atoms with Crippen molar-refractivity contribution in [2.75, 3.05) is 6.61 Å². The van der Waals surface area contributed by atoms with Crippen LogP contribution in [0.2, 0.25) is 5.02 Å². The molecule has 20 heavy (non-hydrogen) atoms. The van der Waals surface area contributed by atoms with Crippen LogP contribution < -0.4 is 0 Å². The molecule has 108 valence electrons. The Morgan fingerprint density at radius 3 is 2.50 bits per heavy atom. The van der Waals surface area contributed by atoms with E-state index in [1.54, 1.807) is 12.1 Å². The summed E-state index contributed by atoms with van der Waals surface area (Å²) < 4.78 is 5.11. The maximum atomic E-state index is 11.9. The van der Waals surface area contributed by atoms with Crippen LogP contribution >= 0.6 is 23.2 Å². The highest BCUT2D eigenvalue weighted by atomic mass is 35.5. The number of benzene rings is 1. The minimum absolute atomic E-state index is 0.0984. The molecule has 0 saturated heterocycles. The van der Waals surface area contributed by atoms with Crippen molar-refractivity contribution in [1.29, 1.82) is 0 Å². The maximum Gasteiger partial charge on any atom is 0.310 e. The third-order valence-electron chi connectivity index (χ3n) is 3.90. The van der Waals surface area contributed by atoms with Gasteiger partial charge in [0.15, 0.2) is 0 Å². The van der Waals surface area contributed by atoms with Crippen LogP contribution in [-0.2, 0) is 9.53 Å². The Morgan fingerprint density at radius 1 is 1.35 bits per heavy atom. The highest BCUT2D eigenvalue weighted by molar-refractivity contribution is 6.48. The lowest BCUT2D eigenvalue weighted by atomic mass is 10.1. The molecule has 1 aliphatic carbocycles. The van der Waals surface area contributed by atoms with E-state index in [0.717, 1.165) is 5.56 Å². The van der Waals surface area contributed by atoms with Crippen LogP contribution in [0.5, 0.6) is 0 Å². The van der Waals surface area contributed by atoms with Gasteiger partial charge in [0.2, 0.25) is 0 Å². The van der Waals surface area contributed by atoms with Crippen LogP contribution in [0.15, 0.2) is 30.3 Å². The van der Waals surface area contributed by atoms with Crippen molar-refractivity contribution in [2.45, 2.75) is 20.8 Å². The van der Waals surface area contributed by atoms with E-state index in [1.165, 1.54) is 0 Å². The molecule has 2 nitrogen and oxygen atoms in total. The number of carbonyl (C=O) groups excluding carboxylic acids is 1. The number of hydrogen-bond acceptors (Lipinski definition) is 2. The molecule has 1 aromatic carbocycles. The summed E-state index contributed by atoms with van der Waals surface area (Å²) in [4.78, 5) is 11.9. The number of carbonyl (C=O) groups is 1. The van der Waals surface area contributed by atoms with Crippen molar-refractivity contribution < 1.29 is 9.53 Å². The van der Waals surface area contributed by atoms with Gasteiger partial charge in [0.05, 0.1) is 12.5 Å². The molecule has 0 bridgehead atoms. The van der Waals surface area contributed by atoms with Gasteiger partial charge in [-0.05, 0) is 36.0 Å². The summed E-state index contributed by atoms with van der Waals surface area (Å²) in [7, 11) is 0. The van der Waals surface area contributed by atoms with Gasteiger partial charge in [0, 0.05) is 10.1 Å². The predicted octanol–water partition coefficient (Wildman–Crippen LogP) is 4.76. The Labute approximate surface area is 129 Å². The van der Waals surface area contributed by atoms with E-state index >= 15 is 0 Å².